The van der Waals surface area contributed by atoms with E-state index in [-0.39, 0.29) is 11.9 Å². The number of nitrogens with zero attached hydrogens (tertiary/aromatic N) is 4. The van der Waals surface area contributed by atoms with Crippen LogP contribution in [0.4, 0.5) is 10.9 Å². The van der Waals surface area contributed by atoms with Crippen LogP contribution in [0.5, 0.6) is 0 Å². The molecule has 0 bridgehead atoms. The van der Waals surface area contributed by atoms with Gasteiger partial charge in [-0.3, -0.25) is 10.1 Å². The molecule has 1 N–H and O–H groups in total. The third-order valence-electron chi connectivity index (χ3n) is 6.71. The first-order valence-electron chi connectivity index (χ1n) is 11.9. The van der Waals surface area contributed by atoms with E-state index in [9.17, 15) is 4.79 Å². The lowest BCUT2D eigenvalue weighted by molar-refractivity contribution is 0.0610. The molecule has 0 spiro atoms. The van der Waals surface area contributed by atoms with Crippen molar-refractivity contribution in [1.82, 2.24) is 14.5 Å². The Labute approximate surface area is 198 Å². The topological polar surface area (TPSA) is 72.3 Å². The highest BCUT2D eigenvalue weighted by molar-refractivity contribution is 7.14. The van der Waals surface area contributed by atoms with Gasteiger partial charge in [-0.25, -0.2) is 9.97 Å². The minimum absolute atomic E-state index is 0.104. The number of nitrogens with one attached hydrogen (secondary N) is 1. The number of hydrogen-bond acceptors (Lipinski definition) is 6. The molecule has 5 rings (SSSR count). The Balaban J connectivity index is 1.25. The first-order valence-corrected chi connectivity index (χ1v) is 12.8. The van der Waals surface area contributed by atoms with Gasteiger partial charge in [-0.05, 0) is 61.8 Å². The van der Waals surface area contributed by atoms with Gasteiger partial charge in [0.25, 0.3) is 5.91 Å². The molecular weight excluding hydrogens is 434 g/mol. The van der Waals surface area contributed by atoms with E-state index in [2.05, 4.69) is 44.2 Å². The molecule has 2 aliphatic heterocycles. The molecule has 5 heterocycles. The van der Waals surface area contributed by atoms with Crippen LogP contribution in [0.1, 0.15) is 60.4 Å². The molecule has 0 saturated carbocycles. The van der Waals surface area contributed by atoms with Crippen LogP contribution in [-0.2, 0) is 17.7 Å². The van der Waals surface area contributed by atoms with Crippen LogP contribution in [0, 0.1) is 5.92 Å². The van der Waals surface area contributed by atoms with Gasteiger partial charge in [0.05, 0.1) is 11.7 Å². The number of rotatable bonds is 7. The van der Waals surface area contributed by atoms with E-state index >= 15 is 0 Å². The van der Waals surface area contributed by atoms with Crippen LogP contribution in [0.3, 0.4) is 0 Å². The quantitative estimate of drug-likeness (QED) is 0.536. The largest absolute Gasteiger partial charge is 0.381 e. The van der Waals surface area contributed by atoms with Gasteiger partial charge in [0.2, 0.25) is 0 Å². The average Bonchev–Trinajstić information content (AvgIpc) is 3.60. The van der Waals surface area contributed by atoms with E-state index in [0.717, 1.165) is 69.9 Å². The van der Waals surface area contributed by atoms with Gasteiger partial charge in [0, 0.05) is 44.1 Å². The van der Waals surface area contributed by atoms with Crippen molar-refractivity contribution in [2.75, 3.05) is 30.0 Å². The lowest BCUT2D eigenvalue weighted by Crippen LogP contribution is -2.24. The van der Waals surface area contributed by atoms with Crippen LogP contribution in [-0.4, -0.2) is 40.2 Å². The maximum absolute atomic E-state index is 13.0. The SMILES string of the molecule is CCc1ccc(N2CCCC2c2csc(NC(=O)c3cccn3CC3CCOCC3)n2)nc1. The number of carbonyl (C=O) groups excluding carboxylic acids is 1. The molecule has 8 heteroatoms. The second kappa shape index (κ2) is 10.1. The van der Waals surface area contributed by atoms with Gasteiger partial charge in [-0.2, -0.15) is 0 Å². The summed E-state index contributed by atoms with van der Waals surface area (Å²) >= 11 is 1.49. The summed E-state index contributed by atoms with van der Waals surface area (Å²) in [5.41, 5.74) is 2.93. The number of carbonyl (C=O) groups is 1. The Morgan fingerprint density at radius 1 is 1.24 bits per heavy atom. The molecule has 1 atom stereocenters. The molecule has 1 amide bonds. The minimum atomic E-state index is -0.104. The maximum Gasteiger partial charge on any atom is 0.274 e. The average molecular weight is 466 g/mol. The zero-order valence-electron chi connectivity index (χ0n) is 19.1. The van der Waals surface area contributed by atoms with Crippen LogP contribution in [0.15, 0.2) is 42.0 Å². The van der Waals surface area contributed by atoms with Crippen LogP contribution < -0.4 is 10.2 Å². The van der Waals surface area contributed by atoms with Crippen molar-refractivity contribution < 1.29 is 9.53 Å². The monoisotopic (exact) mass is 465 g/mol. The molecule has 0 radical (unpaired) electrons. The van der Waals surface area contributed by atoms with Crippen molar-refractivity contribution in [3.05, 3.63) is 59.0 Å². The third-order valence-corrected chi connectivity index (χ3v) is 7.48. The Morgan fingerprint density at radius 3 is 2.91 bits per heavy atom. The molecule has 2 saturated heterocycles. The van der Waals surface area contributed by atoms with E-state index in [1.165, 1.54) is 16.9 Å². The summed E-state index contributed by atoms with van der Waals surface area (Å²) in [6, 6.07) is 8.28. The maximum atomic E-state index is 13.0. The highest BCUT2D eigenvalue weighted by atomic mass is 32.1. The van der Waals surface area contributed by atoms with Crippen LogP contribution in [0.25, 0.3) is 0 Å². The van der Waals surface area contributed by atoms with Crippen molar-refractivity contribution in [1.29, 1.82) is 0 Å². The molecule has 2 fully saturated rings. The third kappa shape index (κ3) is 4.96. The second-order valence-corrected chi connectivity index (χ2v) is 9.72. The molecule has 3 aromatic rings. The van der Waals surface area contributed by atoms with Crippen LogP contribution in [0.2, 0.25) is 0 Å². The predicted octanol–water partition coefficient (Wildman–Crippen LogP) is 4.92. The Morgan fingerprint density at radius 2 is 2.12 bits per heavy atom. The second-order valence-electron chi connectivity index (χ2n) is 8.86. The Kier molecular flexibility index (Phi) is 6.73. The number of thiazole rings is 1. The first kappa shape index (κ1) is 22.1. The standard InChI is InChI=1S/C25H31N5O2S/c1-2-18-7-8-23(26-15-18)30-12-4-5-21(30)20-17-33-25(27-20)28-24(31)22-6-3-11-29(22)16-19-9-13-32-14-10-19/h3,6-8,11,15,17,19,21H,2,4-5,9-10,12-14,16H2,1H3,(H,27,28,31). The van der Waals surface area contributed by atoms with Gasteiger partial charge in [-0.1, -0.05) is 13.0 Å². The smallest absolute Gasteiger partial charge is 0.274 e. The predicted molar refractivity (Wildman–Crippen MR) is 131 cm³/mol. The van der Waals surface area contributed by atoms with E-state index in [1.54, 1.807) is 0 Å². The molecule has 1 unspecified atom stereocenters. The highest BCUT2D eigenvalue weighted by Crippen LogP contribution is 2.36. The normalized spacial score (nSPS) is 19.2. The van der Waals surface area contributed by atoms with Crippen molar-refractivity contribution in [3.8, 4) is 0 Å². The number of aromatic nitrogens is 3. The summed E-state index contributed by atoms with van der Waals surface area (Å²) in [5, 5.41) is 5.74. The summed E-state index contributed by atoms with van der Waals surface area (Å²) in [7, 11) is 0. The molecule has 3 aromatic heterocycles. The minimum Gasteiger partial charge on any atom is -0.381 e. The van der Waals surface area contributed by atoms with Crippen molar-refractivity contribution in [2.24, 2.45) is 5.92 Å². The fourth-order valence-electron chi connectivity index (χ4n) is 4.79. The number of amides is 1. The van der Waals surface area contributed by atoms with Crippen molar-refractivity contribution in [2.45, 2.75) is 51.6 Å². The number of pyridine rings is 1. The number of hydrogen-bond donors (Lipinski definition) is 1. The molecule has 0 aliphatic carbocycles. The Bertz CT molecular complexity index is 1070. The van der Waals surface area contributed by atoms with Crippen molar-refractivity contribution in [3.63, 3.8) is 0 Å². The van der Waals surface area contributed by atoms with E-state index in [4.69, 9.17) is 9.72 Å². The molecule has 7 nitrogen and oxygen atoms in total. The molecule has 33 heavy (non-hydrogen) atoms. The summed E-state index contributed by atoms with van der Waals surface area (Å²) in [5.74, 6) is 1.45. The Hall–Kier alpha value is -2.71. The molecule has 174 valence electrons. The lowest BCUT2D eigenvalue weighted by Gasteiger charge is -2.24. The lowest BCUT2D eigenvalue weighted by atomic mass is 10.0. The van der Waals surface area contributed by atoms with Crippen LogP contribution >= 0.6 is 11.3 Å². The number of anilines is 2. The van der Waals surface area contributed by atoms with Gasteiger partial charge < -0.3 is 14.2 Å². The van der Waals surface area contributed by atoms with Gasteiger partial charge >= 0.3 is 0 Å². The number of ether oxygens (including phenoxy) is 1. The summed E-state index contributed by atoms with van der Waals surface area (Å²) in [4.78, 5) is 24.8. The zero-order valence-corrected chi connectivity index (χ0v) is 19.9. The molecule has 0 aromatic carbocycles. The first-order chi connectivity index (χ1) is 16.2. The fourth-order valence-corrected chi connectivity index (χ4v) is 5.54. The van der Waals surface area contributed by atoms with Gasteiger partial charge in [0.15, 0.2) is 5.13 Å². The van der Waals surface area contributed by atoms with Gasteiger partial charge in [-0.15, -0.1) is 11.3 Å². The summed E-state index contributed by atoms with van der Waals surface area (Å²) in [6.45, 7) is 5.59. The number of aryl methyl sites for hydroxylation is 1. The van der Waals surface area contributed by atoms with Crippen molar-refractivity contribution >= 4 is 28.2 Å². The van der Waals surface area contributed by atoms with E-state index in [0.29, 0.717) is 16.7 Å². The summed E-state index contributed by atoms with van der Waals surface area (Å²) in [6.07, 6.45) is 9.19. The fraction of sp³-hybridized carbons (Fsp3) is 0.480. The highest BCUT2D eigenvalue weighted by Gasteiger charge is 2.29. The molecular formula is C25H31N5O2S. The zero-order chi connectivity index (χ0) is 22.6. The van der Waals surface area contributed by atoms with Gasteiger partial charge in [0.1, 0.15) is 11.5 Å². The van der Waals surface area contributed by atoms with E-state index < -0.39 is 0 Å². The van der Waals surface area contributed by atoms with E-state index in [1.807, 2.05) is 24.5 Å². The summed E-state index contributed by atoms with van der Waals surface area (Å²) < 4.78 is 7.52. The molecule has 2 aliphatic rings.